The molecule has 0 aliphatic rings. The van der Waals surface area contributed by atoms with E-state index in [0.29, 0.717) is 10.9 Å². The summed E-state index contributed by atoms with van der Waals surface area (Å²) in [7, 11) is 0. The Kier molecular flexibility index (Phi) is 2.44. The lowest BCUT2D eigenvalue weighted by molar-refractivity contribution is 0.477. The van der Waals surface area contributed by atoms with Gasteiger partial charge in [0.05, 0.1) is 10.3 Å². The molecule has 0 unspecified atom stereocenters. The van der Waals surface area contributed by atoms with Crippen molar-refractivity contribution in [2.75, 3.05) is 0 Å². The van der Waals surface area contributed by atoms with Gasteiger partial charge >= 0.3 is 0 Å². The van der Waals surface area contributed by atoms with Gasteiger partial charge in [0.1, 0.15) is 11.8 Å². The van der Waals surface area contributed by atoms with Crippen LogP contribution >= 0.6 is 27.3 Å². The van der Waals surface area contributed by atoms with Crippen LogP contribution in [0.2, 0.25) is 0 Å². The lowest BCUT2D eigenvalue weighted by Crippen LogP contribution is -1.83. The second kappa shape index (κ2) is 3.60. The van der Waals surface area contributed by atoms with Gasteiger partial charge < -0.3 is 5.11 Å². The number of nitrogens with zero attached hydrogens (tertiary/aromatic N) is 1. The fourth-order valence-electron chi connectivity index (χ4n) is 1.37. The van der Waals surface area contributed by atoms with Crippen LogP contribution in [0.25, 0.3) is 10.1 Å². The Hall–Kier alpha value is -1.05. The molecule has 1 heterocycles. The van der Waals surface area contributed by atoms with Crippen LogP contribution in [-0.2, 0) is 5.33 Å². The second-order valence-electron chi connectivity index (χ2n) is 2.84. The molecular formula is C10H6BrNOS. The number of benzene rings is 1. The summed E-state index contributed by atoms with van der Waals surface area (Å²) in [6.45, 7) is 0. The number of phenols is 1. The number of alkyl halides is 1. The molecule has 0 amide bonds. The van der Waals surface area contributed by atoms with Crippen molar-refractivity contribution in [3.8, 4) is 11.8 Å². The SMILES string of the molecule is N#Cc1cc(CBr)c(O)c2ccsc12. The van der Waals surface area contributed by atoms with Crippen LogP contribution in [0.1, 0.15) is 11.1 Å². The number of hydrogen-bond donors (Lipinski definition) is 1. The van der Waals surface area contributed by atoms with Crippen molar-refractivity contribution in [1.29, 1.82) is 5.26 Å². The Balaban J connectivity index is 2.89. The van der Waals surface area contributed by atoms with Gasteiger partial charge in [0.2, 0.25) is 0 Å². The van der Waals surface area contributed by atoms with Crippen LogP contribution in [0, 0.1) is 11.3 Å². The number of rotatable bonds is 1. The summed E-state index contributed by atoms with van der Waals surface area (Å²) in [5.74, 6) is 0.275. The van der Waals surface area contributed by atoms with Crippen LogP contribution in [0.4, 0.5) is 0 Å². The van der Waals surface area contributed by atoms with Crippen LogP contribution in [0.15, 0.2) is 17.5 Å². The molecule has 1 aromatic heterocycles. The Morgan fingerprint density at radius 2 is 2.36 bits per heavy atom. The summed E-state index contributed by atoms with van der Waals surface area (Å²) in [6, 6.07) is 5.70. The van der Waals surface area contributed by atoms with Gasteiger partial charge in [-0.2, -0.15) is 5.26 Å². The molecule has 1 aromatic carbocycles. The van der Waals surface area contributed by atoms with E-state index in [9.17, 15) is 5.11 Å². The van der Waals surface area contributed by atoms with E-state index in [4.69, 9.17) is 5.26 Å². The maximum atomic E-state index is 9.83. The summed E-state index contributed by atoms with van der Waals surface area (Å²) in [6.07, 6.45) is 0. The molecule has 70 valence electrons. The number of hydrogen-bond acceptors (Lipinski definition) is 3. The highest BCUT2D eigenvalue weighted by molar-refractivity contribution is 9.08. The minimum Gasteiger partial charge on any atom is -0.507 e. The van der Waals surface area contributed by atoms with Gasteiger partial charge in [-0.15, -0.1) is 11.3 Å². The zero-order valence-corrected chi connectivity index (χ0v) is 9.52. The monoisotopic (exact) mass is 267 g/mol. The molecule has 2 aromatic rings. The van der Waals surface area contributed by atoms with Crippen LogP contribution < -0.4 is 0 Å². The lowest BCUT2D eigenvalue weighted by atomic mass is 10.1. The standard InChI is InChI=1S/C10H6BrNOS/c11-4-6-3-7(5-12)10-8(9(6)13)1-2-14-10/h1-3,13H,4H2. The second-order valence-corrected chi connectivity index (χ2v) is 4.32. The van der Waals surface area contributed by atoms with Crippen molar-refractivity contribution in [1.82, 2.24) is 0 Å². The molecule has 4 heteroatoms. The first-order valence-electron chi connectivity index (χ1n) is 3.96. The van der Waals surface area contributed by atoms with Crippen molar-refractivity contribution in [3.63, 3.8) is 0 Å². The maximum absolute atomic E-state index is 9.83. The van der Waals surface area contributed by atoms with Crippen molar-refractivity contribution in [3.05, 3.63) is 28.6 Å². The van der Waals surface area contributed by atoms with Crippen LogP contribution in [0.3, 0.4) is 0 Å². The van der Waals surface area contributed by atoms with Crippen molar-refractivity contribution in [2.45, 2.75) is 5.33 Å². The Morgan fingerprint density at radius 1 is 1.57 bits per heavy atom. The minimum atomic E-state index is 0.275. The molecule has 2 rings (SSSR count). The van der Waals surface area contributed by atoms with E-state index in [0.717, 1.165) is 15.6 Å². The molecule has 0 radical (unpaired) electrons. The third-order valence-corrected chi connectivity index (χ3v) is 3.60. The van der Waals surface area contributed by atoms with Gasteiger partial charge in [0.25, 0.3) is 0 Å². The zero-order valence-electron chi connectivity index (χ0n) is 7.12. The lowest BCUT2D eigenvalue weighted by Gasteiger charge is -2.03. The highest BCUT2D eigenvalue weighted by Gasteiger charge is 2.11. The molecule has 1 N–H and O–H groups in total. The third-order valence-electron chi connectivity index (χ3n) is 2.05. The predicted octanol–water partition coefficient (Wildman–Crippen LogP) is 3.37. The van der Waals surface area contributed by atoms with E-state index in [1.165, 1.54) is 11.3 Å². The van der Waals surface area contributed by atoms with Crippen LogP contribution in [0.5, 0.6) is 5.75 Å². The normalized spacial score (nSPS) is 10.3. The highest BCUT2D eigenvalue weighted by atomic mass is 79.9. The Labute approximate surface area is 93.5 Å². The van der Waals surface area contributed by atoms with E-state index in [2.05, 4.69) is 22.0 Å². The molecule has 0 saturated carbocycles. The zero-order chi connectivity index (χ0) is 10.1. The first-order chi connectivity index (χ1) is 6.77. The first kappa shape index (κ1) is 9.50. The molecule has 2 nitrogen and oxygen atoms in total. The molecule has 0 saturated heterocycles. The van der Waals surface area contributed by atoms with E-state index in [1.54, 1.807) is 6.07 Å². The fraction of sp³-hybridized carbons (Fsp3) is 0.100. The van der Waals surface area contributed by atoms with Gasteiger partial charge in [-0.25, -0.2) is 0 Å². The molecule has 0 spiro atoms. The average molecular weight is 268 g/mol. The smallest absolute Gasteiger partial charge is 0.128 e. The fourth-order valence-corrected chi connectivity index (χ4v) is 2.66. The quantitative estimate of drug-likeness (QED) is 0.806. The third kappa shape index (κ3) is 1.29. The largest absolute Gasteiger partial charge is 0.507 e. The molecule has 0 atom stereocenters. The molecule has 14 heavy (non-hydrogen) atoms. The molecular weight excluding hydrogens is 262 g/mol. The summed E-state index contributed by atoms with van der Waals surface area (Å²) < 4.78 is 0.856. The number of aromatic hydroxyl groups is 1. The van der Waals surface area contributed by atoms with E-state index >= 15 is 0 Å². The van der Waals surface area contributed by atoms with E-state index in [-0.39, 0.29) is 5.75 Å². The molecule has 0 aliphatic carbocycles. The van der Waals surface area contributed by atoms with Gasteiger partial charge in [0.15, 0.2) is 0 Å². The Morgan fingerprint density at radius 3 is 3.00 bits per heavy atom. The highest BCUT2D eigenvalue weighted by Crippen LogP contribution is 2.35. The number of thiophene rings is 1. The average Bonchev–Trinajstić information content (AvgIpc) is 2.68. The summed E-state index contributed by atoms with van der Waals surface area (Å²) in [5, 5.41) is 22.0. The van der Waals surface area contributed by atoms with Gasteiger partial charge in [0, 0.05) is 16.3 Å². The van der Waals surface area contributed by atoms with Crippen molar-refractivity contribution >= 4 is 37.4 Å². The molecule has 0 aliphatic heterocycles. The summed E-state index contributed by atoms with van der Waals surface area (Å²) >= 11 is 4.75. The van der Waals surface area contributed by atoms with Crippen molar-refractivity contribution in [2.24, 2.45) is 0 Å². The number of nitriles is 1. The summed E-state index contributed by atoms with van der Waals surface area (Å²) in [5.41, 5.74) is 1.38. The van der Waals surface area contributed by atoms with Gasteiger partial charge in [-0.05, 0) is 17.5 Å². The minimum absolute atomic E-state index is 0.275. The maximum Gasteiger partial charge on any atom is 0.128 e. The van der Waals surface area contributed by atoms with E-state index < -0.39 is 0 Å². The molecule has 0 fully saturated rings. The van der Waals surface area contributed by atoms with Crippen LogP contribution in [-0.4, -0.2) is 5.11 Å². The first-order valence-corrected chi connectivity index (χ1v) is 5.96. The topological polar surface area (TPSA) is 44.0 Å². The summed E-state index contributed by atoms with van der Waals surface area (Å²) in [4.78, 5) is 0. The Bertz CT molecular complexity index is 527. The number of halogens is 1. The number of fused-ring (bicyclic) bond motifs is 1. The van der Waals surface area contributed by atoms with Gasteiger partial charge in [-0.1, -0.05) is 15.9 Å². The number of phenolic OH excluding ortho intramolecular Hbond substituents is 1. The molecule has 0 bridgehead atoms. The van der Waals surface area contributed by atoms with Gasteiger partial charge in [-0.3, -0.25) is 0 Å². The van der Waals surface area contributed by atoms with Crippen molar-refractivity contribution < 1.29 is 5.11 Å². The van der Waals surface area contributed by atoms with E-state index in [1.807, 2.05) is 11.4 Å². The predicted molar refractivity (Wildman–Crippen MR) is 60.8 cm³/mol.